The molecule has 0 bridgehead atoms. The van der Waals surface area contributed by atoms with Crippen molar-refractivity contribution in [2.45, 2.75) is 19.3 Å². The second-order valence-corrected chi connectivity index (χ2v) is 11.9. The van der Waals surface area contributed by atoms with Crippen molar-refractivity contribution >= 4 is 27.8 Å². The molecule has 0 atom stereocenters. The Kier molecular flexibility index (Phi) is 7.30. The van der Waals surface area contributed by atoms with Crippen molar-refractivity contribution in [3.8, 4) is 22.3 Å². The lowest BCUT2D eigenvalue weighted by atomic mass is 9.77. The summed E-state index contributed by atoms with van der Waals surface area (Å²) in [5, 5.41) is 2.55. The molecular weight excluding hydrogens is 530 g/mol. The van der Waals surface area contributed by atoms with E-state index < -0.39 is 0 Å². The van der Waals surface area contributed by atoms with Crippen molar-refractivity contribution in [1.82, 2.24) is 0 Å². The highest BCUT2D eigenvalue weighted by Crippen LogP contribution is 2.39. The Morgan fingerprint density at radius 3 is 1.23 bits per heavy atom. The summed E-state index contributed by atoms with van der Waals surface area (Å²) >= 11 is 0. The smallest absolute Gasteiger partial charge is 0.0462 e. The summed E-state index contributed by atoms with van der Waals surface area (Å²) < 4.78 is 0. The van der Waals surface area contributed by atoms with Gasteiger partial charge < -0.3 is 4.90 Å². The van der Waals surface area contributed by atoms with E-state index in [4.69, 9.17) is 0 Å². The third kappa shape index (κ3) is 5.41. The lowest BCUT2D eigenvalue weighted by molar-refractivity contribution is 0.642. The number of hydrogen-bond acceptors (Lipinski definition) is 1. The largest absolute Gasteiger partial charge is 0.311 e. The van der Waals surface area contributed by atoms with Crippen molar-refractivity contribution < 1.29 is 0 Å². The summed E-state index contributed by atoms with van der Waals surface area (Å²) in [4.78, 5) is 2.34. The Morgan fingerprint density at radius 2 is 0.727 bits per heavy atom. The second-order valence-electron chi connectivity index (χ2n) is 11.9. The van der Waals surface area contributed by atoms with Crippen LogP contribution in [-0.4, -0.2) is 0 Å². The lowest BCUT2D eigenvalue weighted by Gasteiger charge is -2.29. The predicted octanol–water partition coefficient (Wildman–Crippen LogP) is 12.0. The van der Waals surface area contributed by atoms with Crippen LogP contribution in [0.1, 0.15) is 25.0 Å². The van der Waals surface area contributed by atoms with E-state index in [0.717, 1.165) is 17.1 Å². The van der Waals surface area contributed by atoms with Gasteiger partial charge in [0.15, 0.2) is 0 Å². The summed E-state index contributed by atoms with van der Waals surface area (Å²) in [6, 6.07) is 63.4. The van der Waals surface area contributed by atoms with Crippen LogP contribution in [0.25, 0.3) is 33.0 Å². The van der Waals surface area contributed by atoms with Crippen molar-refractivity contribution in [3.63, 3.8) is 0 Å². The van der Waals surface area contributed by atoms with Crippen LogP contribution in [0.5, 0.6) is 0 Å². The van der Waals surface area contributed by atoms with Crippen LogP contribution in [0.15, 0.2) is 176 Å². The Morgan fingerprint density at radius 1 is 0.341 bits per heavy atom. The average molecular weight is 566 g/mol. The average Bonchev–Trinajstić information content (AvgIpc) is 3.10. The van der Waals surface area contributed by atoms with Gasteiger partial charge in [0.2, 0.25) is 0 Å². The quantitative estimate of drug-likeness (QED) is 0.186. The summed E-state index contributed by atoms with van der Waals surface area (Å²) in [6.45, 7) is 4.63. The van der Waals surface area contributed by atoms with Crippen LogP contribution in [0.4, 0.5) is 17.1 Å². The summed E-state index contributed by atoms with van der Waals surface area (Å²) in [7, 11) is 0. The molecular formula is C43H35N. The van der Waals surface area contributed by atoms with Crippen molar-refractivity contribution in [3.05, 3.63) is 187 Å². The number of rotatable bonds is 7. The zero-order valence-electron chi connectivity index (χ0n) is 25.2. The molecule has 0 aliphatic rings. The molecule has 0 N–H and O–H groups in total. The number of benzene rings is 7. The van der Waals surface area contributed by atoms with Crippen LogP contribution in [-0.2, 0) is 5.41 Å². The van der Waals surface area contributed by atoms with Crippen LogP contribution in [0.3, 0.4) is 0 Å². The molecule has 0 amide bonds. The zero-order chi connectivity index (χ0) is 29.9. The first-order chi connectivity index (χ1) is 21.6. The molecule has 0 aliphatic carbocycles. The minimum Gasteiger partial charge on any atom is -0.311 e. The molecule has 0 aliphatic heterocycles. The molecule has 0 saturated heterocycles. The van der Waals surface area contributed by atoms with Gasteiger partial charge in [-0.05, 0) is 80.6 Å². The topological polar surface area (TPSA) is 3.24 Å². The van der Waals surface area contributed by atoms with Crippen molar-refractivity contribution in [2.75, 3.05) is 4.90 Å². The van der Waals surface area contributed by atoms with E-state index in [9.17, 15) is 0 Å². The van der Waals surface area contributed by atoms with Gasteiger partial charge in [0.05, 0.1) is 0 Å². The van der Waals surface area contributed by atoms with Gasteiger partial charge >= 0.3 is 0 Å². The third-order valence-electron chi connectivity index (χ3n) is 8.78. The van der Waals surface area contributed by atoms with Gasteiger partial charge in [-0.3, -0.25) is 0 Å². The maximum absolute atomic E-state index is 2.34. The molecule has 0 heterocycles. The molecule has 0 radical (unpaired) electrons. The Balaban J connectivity index is 1.25. The van der Waals surface area contributed by atoms with E-state index >= 15 is 0 Å². The third-order valence-corrected chi connectivity index (χ3v) is 8.78. The molecule has 7 rings (SSSR count). The van der Waals surface area contributed by atoms with Crippen LogP contribution in [0.2, 0.25) is 0 Å². The van der Waals surface area contributed by atoms with Crippen molar-refractivity contribution in [2.24, 2.45) is 0 Å². The number of nitrogens with zero attached hydrogens (tertiary/aromatic N) is 1. The van der Waals surface area contributed by atoms with Gasteiger partial charge in [-0.1, -0.05) is 153 Å². The fourth-order valence-electron chi connectivity index (χ4n) is 6.09. The van der Waals surface area contributed by atoms with Gasteiger partial charge in [0, 0.05) is 22.5 Å². The second kappa shape index (κ2) is 11.7. The monoisotopic (exact) mass is 565 g/mol. The Labute approximate surface area is 260 Å². The summed E-state index contributed by atoms with van der Waals surface area (Å²) in [5.41, 5.74) is 10.7. The number of anilines is 3. The first kappa shape index (κ1) is 27.4. The van der Waals surface area contributed by atoms with E-state index in [1.165, 1.54) is 44.2 Å². The predicted molar refractivity (Wildman–Crippen MR) is 188 cm³/mol. The standard InChI is InChI=1S/C43H35N/c1-43(2,39-22-17-34-15-9-10-16-37(34)31-39)38-23-29-42(30-24-38)44(40-25-18-35(19-26-40)32-11-5-3-6-12-32)41-27-20-36(21-28-41)33-13-7-4-8-14-33/h3-31H,1-2H3. The van der Waals surface area contributed by atoms with E-state index in [2.05, 4.69) is 195 Å². The Bertz CT molecular complexity index is 1900. The molecule has 0 saturated carbocycles. The van der Waals surface area contributed by atoms with Gasteiger partial charge in [0.1, 0.15) is 0 Å². The normalized spacial score (nSPS) is 11.4. The molecule has 0 fully saturated rings. The fourth-order valence-corrected chi connectivity index (χ4v) is 6.09. The van der Waals surface area contributed by atoms with Gasteiger partial charge in [-0.15, -0.1) is 0 Å². The highest BCUT2D eigenvalue weighted by atomic mass is 15.1. The molecule has 0 aromatic heterocycles. The molecule has 212 valence electrons. The summed E-state index contributed by atoms with van der Waals surface area (Å²) in [6.07, 6.45) is 0. The number of hydrogen-bond donors (Lipinski definition) is 0. The molecule has 1 nitrogen and oxygen atoms in total. The SMILES string of the molecule is CC(C)(c1ccc(N(c2ccc(-c3ccccc3)cc2)c2ccc(-c3ccccc3)cc2)cc1)c1ccc2ccccc2c1. The molecule has 44 heavy (non-hydrogen) atoms. The van der Waals surface area contributed by atoms with Crippen molar-refractivity contribution in [1.29, 1.82) is 0 Å². The summed E-state index contributed by atoms with van der Waals surface area (Å²) in [5.74, 6) is 0. The highest BCUT2D eigenvalue weighted by Gasteiger charge is 2.24. The molecule has 1 heteroatoms. The molecule has 7 aromatic carbocycles. The maximum Gasteiger partial charge on any atom is 0.0462 e. The van der Waals surface area contributed by atoms with E-state index in [1.54, 1.807) is 0 Å². The zero-order valence-corrected chi connectivity index (χ0v) is 25.2. The van der Waals surface area contributed by atoms with E-state index in [1.807, 2.05) is 0 Å². The van der Waals surface area contributed by atoms with E-state index in [0.29, 0.717) is 0 Å². The maximum atomic E-state index is 2.34. The highest BCUT2D eigenvalue weighted by molar-refractivity contribution is 5.84. The first-order valence-electron chi connectivity index (χ1n) is 15.3. The minimum absolute atomic E-state index is 0.137. The van der Waals surface area contributed by atoms with Crippen LogP contribution >= 0.6 is 0 Å². The first-order valence-corrected chi connectivity index (χ1v) is 15.3. The van der Waals surface area contributed by atoms with Crippen LogP contribution < -0.4 is 4.90 Å². The fraction of sp³-hybridized carbons (Fsp3) is 0.0698. The van der Waals surface area contributed by atoms with Gasteiger partial charge in [-0.25, -0.2) is 0 Å². The number of fused-ring (bicyclic) bond motifs is 1. The van der Waals surface area contributed by atoms with Crippen LogP contribution in [0, 0.1) is 0 Å². The molecule has 7 aromatic rings. The van der Waals surface area contributed by atoms with Gasteiger partial charge in [0.25, 0.3) is 0 Å². The minimum atomic E-state index is -0.137. The van der Waals surface area contributed by atoms with Gasteiger partial charge in [-0.2, -0.15) is 0 Å². The Hall–Kier alpha value is -5.40. The molecule has 0 spiro atoms. The van der Waals surface area contributed by atoms with E-state index in [-0.39, 0.29) is 5.41 Å². The molecule has 0 unspecified atom stereocenters. The lowest BCUT2D eigenvalue weighted by Crippen LogP contribution is -2.19.